The third-order valence-corrected chi connectivity index (χ3v) is 2.66. The lowest BCUT2D eigenvalue weighted by molar-refractivity contribution is -0.384. The summed E-state index contributed by atoms with van der Waals surface area (Å²) in [4.78, 5) is 33.2. The Hall–Kier alpha value is -2.41. The van der Waals surface area contributed by atoms with Crippen molar-refractivity contribution < 1.29 is 19.2 Å². The topological polar surface area (TPSA) is 98.5 Å². The van der Waals surface area contributed by atoms with Crippen LogP contribution in [0.4, 0.5) is 5.69 Å². The Balaban J connectivity index is 2.87. The van der Waals surface area contributed by atoms with E-state index >= 15 is 0 Å². The SMILES string of the molecule is CCOC(=O)C=C(C)NC(=O)c1ccc(Cl)c([N+](=O)[O-])c1. The van der Waals surface area contributed by atoms with Crippen LogP contribution in [0.15, 0.2) is 30.0 Å². The van der Waals surface area contributed by atoms with Gasteiger partial charge in [-0.2, -0.15) is 0 Å². The highest BCUT2D eigenvalue weighted by Gasteiger charge is 2.16. The van der Waals surface area contributed by atoms with Gasteiger partial charge in [-0.05, 0) is 26.0 Å². The number of nitro benzene ring substituents is 1. The second kappa shape index (κ2) is 7.39. The predicted octanol–water partition coefficient (Wildman–Crippen LogP) is 2.44. The molecule has 1 aromatic rings. The van der Waals surface area contributed by atoms with Crippen molar-refractivity contribution in [1.82, 2.24) is 5.32 Å². The van der Waals surface area contributed by atoms with Gasteiger partial charge in [-0.25, -0.2) is 4.79 Å². The number of ether oxygens (including phenoxy) is 1. The minimum absolute atomic E-state index is 0.0581. The fourth-order valence-electron chi connectivity index (χ4n) is 1.44. The third-order valence-electron chi connectivity index (χ3n) is 2.34. The molecule has 0 heterocycles. The fraction of sp³-hybridized carbons (Fsp3) is 0.231. The van der Waals surface area contributed by atoms with Gasteiger partial charge in [-0.15, -0.1) is 0 Å². The van der Waals surface area contributed by atoms with E-state index in [1.54, 1.807) is 6.92 Å². The lowest BCUT2D eigenvalue weighted by Crippen LogP contribution is -2.22. The smallest absolute Gasteiger partial charge is 0.332 e. The molecular formula is C13H13ClN2O5. The number of carbonyl (C=O) groups excluding carboxylic acids is 2. The van der Waals surface area contributed by atoms with E-state index in [0.717, 1.165) is 12.1 Å². The van der Waals surface area contributed by atoms with Gasteiger partial charge in [0.15, 0.2) is 0 Å². The lowest BCUT2D eigenvalue weighted by Gasteiger charge is -2.06. The number of hydrogen-bond acceptors (Lipinski definition) is 5. The average molecular weight is 313 g/mol. The number of amides is 1. The van der Waals surface area contributed by atoms with Crippen LogP contribution in [0.25, 0.3) is 0 Å². The number of carbonyl (C=O) groups is 2. The first kappa shape index (κ1) is 16.6. The molecule has 0 aliphatic carbocycles. The van der Waals surface area contributed by atoms with Gasteiger partial charge in [0.1, 0.15) is 5.02 Å². The van der Waals surface area contributed by atoms with Crippen molar-refractivity contribution >= 4 is 29.2 Å². The van der Waals surface area contributed by atoms with Crippen LogP contribution in [0, 0.1) is 10.1 Å². The number of esters is 1. The first-order valence-corrected chi connectivity index (χ1v) is 6.33. The second-order valence-corrected chi connectivity index (χ2v) is 4.36. The zero-order valence-corrected chi connectivity index (χ0v) is 12.1. The number of hydrogen-bond donors (Lipinski definition) is 1. The third kappa shape index (κ3) is 4.88. The zero-order valence-electron chi connectivity index (χ0n) is 11.4. The molecule has 0 spiro atoms. The van der Waals surface area contributed by atoms with Crippen molar-refractivity contribution in [1.29, 1.82) is 0 Å². The number of benzene rings is 1. The lowest BCUT2D eigenvalue weighted by atomic mass is 10.2. The van der Waals surface area contributed by atoms with E-state index in [0.29, 0.717) is 0 Å². The number of nitrogens with zero attached hydrogens (tertiary/aromatic N) is 1. The number of nitro groups is 1. The van der Waals surface area contributed by atoms with Crippen molar-refractivity contribution in [2.45, 2.75) is 13.8 Å². The van der Waals surface area contributed by atoms with E-state index in [1.807, 2.05) is 0 Å². The summed E-state index contributed by atoms with van der Waals surface area (Å²) in [5.74, 6) is -1.18. The molecule has 1 amide bonds. The molecule has 0 fully saturated rings. The highest BCUT2D eigenvalue weighted by Crippen LogP contribution is 2.25. The van der Waals surface area contributed by atoms with Crippen molar-refractivity contribution in [3.05, 3.63) is 50.7 Å². The molecule has 0 saturated carbocycles. The molecule has 0 unspecified atom stereocenters. The monoisotopic (exact) mass is 312 g/mol. The Kier molecular flexibility index (Phi) is 5.86. The number of allylic oxidation sites excluding steroid dienone is 1. The maximum atomic E-state index is 11.9. The largest absolute Gasteiger partial charge is 0.463 e. The first-order chi connectivity index (χ1) is 9.85. The molecule has 0 aliphatic heterocycles. The van der Waals surface area contributed by atoms with Crippen LogP contribution in [-0.4, -0.2) is 23.4 Å². The predicted molar refractivity (Wildman–Crippen MR) is 76.0 cm³/mol. The molecule has 21 heavy (non-hydrogen) atoms. The quantitative estimate of drug-likeness (QED) is 0.389. The van der Waals surface area contributed by atoms with Crippen LogP contribution in [0.3, 0.4) is 0 Å². The van der Waals surface area contributed by atoms with Crippen LogP contribution in [0.5, 0.6) is 0 Å². The Morgan fingerprint density at radius 1 is 1.48 bits per heavy atom. The molecule has 0 radical (unpaired) electrons. The molecule has 1 rings (SSSR count). The number of rotatable bonds is 5. The van der Waals surface area contributed by atoms with E-state index in [-0.39, 0.29) is 28.6 Å². The molecule has 0 saturated heterocycles. The van der Waals surface area contributed by atoms with Crippen LogP contribution in [0.1, 0.15) is 24.2 Å². The molecule has 7 nitrogen and oxygen atoms in total. The summed E-state index contributed by atoms with van der Waals surface area (Å²) in [6.45, 7) is 3.38. The van der Waals surface area contributed by atoms with Gasteiger partial charge < -0.3 is 10.1 Å². The van der Waals surface area contributed by atoms with Gasteiger partial charge in [0, 0.05) is 23.4 Å². The summed E-state index contributed by atoms with van der Waals surface area (Å²) in [5.41, 5.74) is -0.0462. The van der Waals surface area contributed by atoms with Gasteiger partial charge in [0.25, 0.3) is 11.6 Å². The van der Waals surface area contributed by atoms with E-state index in [1.165, 1.54) is 19.1 Å². The van der Waals surface area contributed by atoms with Gasteiger partial charge in [-0.3, -0.25) is 14.9 Å². The normalized spacial score (nSPS) is 10.9. The van der Waals surface area contributed by atoms with E-state index < -0.39 is 16.8 Å². The van der Waals surface area contributed by atoms with Crippen molar-refractivity contribution in [3.8, 4) is 0 Å². The maximum absolute atomic E-state index is 11.9. The van der Waals surface area contributed by atoms with Crippen molar-refractivity contribution in [3.63, 3.8) is 0 Å². The minimum atomic E-state index is -0.680. The molecular weight excluding hydrogens is 300 g/mol. The second-order valence-electron chi connectivity index (χ2n) is 3.96. The standard InChI is InChI=1S/C13H13ClN2O5/c1-3-21-12(17)6-8(2)15-13(18)9-4-5-10(14)11(7-9)16(19)20/h4-7H,3H2,1-2H3,(H,15,18). The molecule has 1 aromatic carbocycles. The maximum Gasteiger partial charge on any atom is 0.332 e. The highest BCUT2D eigenvalue weighted by atomic mass is 35.5. The summed E-state index contributed by atoms with van der Waals surface area (Å²) in [5, 5.41) is 13.1. The van der Waals surface area contributed by atoms with Crippen LogP contribution < -0.4 is 5.32 Å². The zero-order chi connectivity index (χ0) is 16.0. The summed E-state index contributed by atoms with van der Waals surface area (Å²) >= 11 is 5.66. The van der Waals surface area contributed by atoms with E-state index in [9.17, 15) is 19.7 Å². The molecule has 1 N–H and O–H groups in total. The summed E-state index contributed by atoms with van der Waals surface area (Å²) < 4.78 is 4.69. The molecule has 0 aliphatic rings. The van der Waals surface area contributed by atoms with E-state index in [2.05, 4.69) is 5.32 Å². The average Bonchev–Trinajstić information content (AvgIpc) is 2.38. The number of halogens is 1. The molecule has 112 valence electrons. The number of nitrogens with one attached hydrogen (secondary N) is 1. The van der Waals surface area contributed by atoms with Gasteiger partial charge in [0.2, 0.25) is 0 Å². The minimum Gasteiger partial charge on any atom is -0.463 e. The fourth-order valence-corrected chi connectivity index (χ4v) is 1.63. The molecule has 0 atom stereocenters. The summed E-state index contributed by atoms with van der Waals surface area (Å²) in [6.07, 6.45) is 1.12. The molecule has 0 bridgehead atoms. The Morgan fingerprint density at radius 3 is 2.71 bits per heavy atom. The first-order valence-electron chi connectivity index (χ1n) is 5.95. The molecule has 0 aromatic heterocycles. The van der Waals surface area contributed by atoms with Crippen LogP contribution >= 0.6 is 11.6 Å². The Bertz CT molecular complexity index is 613. The highest BCUT2D eigenvalue weighted by molar-refractivity contribution is 6.32. The summed E-state index contributed by atoms with van der Waals surface area (Å²) in [6, 6.07) is 3.68. The van der Waals surface area contributed by atoms with Gasteiger partial charge >= 0.3 is 5.97 Å². The van der Waals surface area contributed by atoms with Crippen molar-refractivity contribution in [2.24, 2.45) is 0 Å². The van der Waals surface area contributed by atoms with E-state index in [4.69, 9.17) is 16.3 Å². The van der Waals surface area contributed by atoms with Crippen LogP contribution in [-0.2, 0) is 9.53 Å². The molecule has 8 heteroatoms. The Labute approximate surface area is 125 Å². The Morgan fingerprint density at radius 2 is 2.14 bits per heavy atom. The van der Waals surface area contributed by atoms with Gasteiger partial charge in [-0.1, -0.05) is 11.6 Å². The van der Waals surface area contributed by atoms with Gasteiger partial charge in [0.05, 0.1) is 11.5 Å². The van der Waals surface area contributed by atoms with Crippen molar-refractivity contribution in [2.75, 3.05) is 6.61 Å². The van der Waals surface area contributed by atoms with Crippen LogP contribution in [0.2, 0.25) is 5.02 Å². The summed E-state index contributed by atoms with van der Waals surface area (Å²) in [7, 11) is 0.